The lowest BCUT2D eigenvalue weighted by Gasteiger charge is -2.17. The molecule has 0 bridgehead atoms. The molecule has 3 heterocycles. The Balaban J connectivity index is 0.00000125. The van der Waals surface area contributed by atoms with Crippen LogP contribution in [0.1, 0.15) is 45.7 Å². The number of benzene rings is 5. The smallest absolute Gasteiger partial charge is 0.238 e. The number of fused-ring (bicyclic) bond motifs is 3. The molecule has 0 aliphatic heterocycles. The van der Waals surface area contributed by atoms with Gasteiger partial charge >= 0.3 is 0 Å². The van der Waals surface area contributed by atoms with Gasteiger partial charge in [-0.3, -0.25) is 9.55 Å². The Morgan fingerprint density at radius 3 is 1.85 bits per heavy atom. The zero-order valence-electron chi connectivity index (χ0n) is 32.1. The first-order valence-corrected chi connectivity index (χ1v) is 18.9. The van der Waals surface area contributed by atoms with E-state index < -0.39 is 0 Å². The number of anilines is 2. The lowest BCUT2D eigenvalue weighted by Crippen LogP contribution is -2.06. The lowest BCUT2D eigenvalue weighted by atomic mass is 9.92. The molecule has 3 aromatic heterocycles. The summed E-state index contributed by atoms with van der Waals surface area (Å²) in [5, 5.41) is 5.75. The van der Waals surface area contributed by atoms with Crippen LogP contribution in [0.25, 0.3) is 61.7 Å². The highest BCUT2D eigenvalue weighted by molar-refractivity contribution is 6.12. The quantitative estimate of drug-likeness (QED) is 0.150. The highest BCUT2D eigenvalue weighted by Crippen LogP contribution is 2.38. The van der Waals surface area contributed by atoms with Crippen molar-refractivity contribution in [2.45, 2.75) is 34.6 Å². The summed E-state index contributed by atoms with van der Waals surface area (Å²) in [6.45, 7) is 14.7. The predicted octanol–water partition coefficient (Wildman–Crippen LogP) is 13.2. The molecule has 0 saturated carbocycles. The summed E-state index contributed by atoms with van der Waals surface area (Å²) in [5.41, 5.74) is 9.52. The second-order valence-corrected chi connectivity index (χ2v) is 12.1. The predicted molar refractivity (Wildman–Crippen MR) is 234 cm³/mol. The van der Waals surface area contributed by atoms with Crippen molar-refractivity contribution >= 4 is 44.3 Å². The van der Waals surface area contributed by atoms with Gasteiger partial charge in [0, 0.05) is 39.3 Å². The van der Waals surface area contributed by atoms with Gasteiger partial charge in [-0.2, -0.15) is 9.97 Å². The molecule has 6 nitrogen and oxygen atoms in total. The summed E-state index contributed by atoms with van der Waals surface area (Å²) in [6, 6.07) is 47.2. The number of nitrogens with one attached hydrogen (secondary N) is 1. The van der Waals surface area contributed by atoms with Gasteiger partial charge in [-0.25, -0.2) is 4.98 Å². The Morgan fingerprint density at radius 1 is 0.636 bits per heavy atom. The highest BCUT2D eigenvalue weighted by atomic mass is 15.2. The Hall–Kier alpha value is -6.92. The molecule has 8 aromatic rings. The molecule has 0 aliphatic rings. The average Bonchev–Trinajstić information content (AvgIpc) is 3.60. The van der Waals surface area contributed by atoms with Gasteiger partial charge < -0.3 is 5.32 Å². The topological polar surface area (TPSA) is 68.5 Å². The van der Waals surface area contributed by atoms with Crippen LogP contribution >= 0.6 is 0 Å². The van der Waals surface area contributed by atoms with Crippen molar-refractivity contribution in [1.82, 2.24) is 24.5 Å². The van der Waals surface area contributed by atoms with E-state index in [9.17, 15) is 0 Å². The van der Waals surface area contributed by atoms with Crippen molar-refractivity contribution < 1.29 is 0 Å². The molecule has 1 N–H and O–H groups in total. The number of rotatable bonds is 9. The minimum atomic E-state index is 0.548. The molecule has 8 rings (SSSR count). The first kappa shape index (κ1) is 37.8. The highest BCUT2D eigenvalue weighted by Gasteiger charge is 2.20. The maximum Gasteiger partial charge on any atom is 0.238 e. The Labute approximate surface area is 324 Å². The monoisotopic (exact) mass is 718 g/mol. The van der Waals surface area contributed by atoms with Crippen molar-refractivity contribution in [3.63, 3.8) is 0 Å². The minimum absolute atomic E-state index is 0.548. The van der Waals surface area contributed by atoms with Gasteiger partial charge in [-0.15, -0.1) is 0 Å². The first-order valence-electron chi connectivity index (χ1n) is 18.9. The average molecular weight is 719 g/mol. The fourth-order valence-corrected chi connectivity index (χ4v) is 6.39. The minimum Gasteiger partial charge on any atom is -0.354 e. The van der Waals surface area contributed by atoms with E-state index >= 15 is 0 Å². The number of hydrogen-bond acceptors (Lipinski definition) is 5. The van der Waals surface area contributed by atoms with E-state index in [2.05, 4.69) is 76.1 Å². The van der Waals surface area contributed by atoms with Crippen LogP contribution in [-0.4, -0.2) is 24.5 Å². The fourth-order valence-electron chi connectivity index (χ4n) is 6.39. The zero-order valence-corrected chi connectivity index (χ0v) is 32.1. The number of hydrogen-bond donors (Lipinski definition) is 1. The molecule has 0 spiro atoms. The summed E-state index contributed by atoms with van der Waals surface area (Å²) in [6.07, 6.45) is 9.85. The van der Waals surface area contributed by atoms with Crippen molar-refractivity contribution in [2.24, 2.45) is 0 Å². The maximum absolute atomic E-state index is 5.11. The molecule has 0 amide bonds. The van der Waals surface area contributed by atoms with Crippen LogP contribution in [0.15, 0.2) is 177 Å². The molecule has 0 radical (unpaired) electrons. The van der Waals surface area contributed by atoms with Crippen molar-refractivity contribution in [1.29, 1.82) is 0 Å². The third-order valence-electron chi connectivity index (χ3n) is 8.85. The second kappa shape index (κ2) is 18.2. The molecular weight excluding hydrogens is 673 g/mol. The summed E-state index contributed by atoms with van der Waals surface area (Å²) in [5.74, 6) is 1.77. The summed E-state index contributed by atoms with van der Waals surface area (Å²) in [4.78, 5) is 19.6. The van der Waals surface area contributed by atoms with Gasteiger partial charge in [0.25, 0.3) is 0 Å². The molecule has 272 valence electrons. The third kappa shape index (κ3) is 8.19. The van der Waals surface area contributed by atoms with Crippen LogP contribution in [-0.2, 0) is 0 Å². The fraction of sp³-hybridized carbons (Fsp3) is 0.102. The largest absolute Gasteiger partial charge is 0.354 e. The van der Waals surface area contributed by atoms with Crippen LogP contribution < -0.4 is 5.32 Å². The molecule has 6 heteroatoms. The van der Waals surface area contributed by atoms with E-state index in [0.717, 1.165) is 66.6 Å². The second-order valence-electron chi connectivity index (χ2n) is 12.1. The number of nitrogens with zero attached hydrogens (tertiary/aromatic N) is 5. The molecule has 5 aromatic carbocycles. The Kier molecular flexibility index (Phi) is 12.5. The third-order valence-corrected chi connectivity index (χ3v) is 8.85. The number of para-hydroxylation sites is 2. The van der Waals surface area contributed by atoms with E-state index in [4.69, 9.17) is 15.0 Å². The van der Waals surface area contributed by atoms with E-state index in [1.54, 1.807) is 6.20 Å². The number of allylic oxidation sites excluding steroid dienone is 5. The van der Waals surface area contributed by atoms with Crippen LogP contribution in [0.2, 0.25) is 0 Å². The SMILES string of the molecule is C=C(/C(=C\C=C/C)c1ccc2c3ccccc3n(-c3nc(-c4ccccc4)nc(-c4ccccc4)n3)c2c1)c1ccncc1Nc1ccccc1.CC.CC. The van der Waals surface area contributed by atoms with Crippen molar-refractivity contribution in [3.8, 4) is 28.7 Å². The van der Waals surface area contributed by atoms with Gasteiger partial charge in [-0.1, -0.05) is 162 Å². The van der Waals surface area contributed by atoms with Gasteiger partial charge in [0.05, 0.1) is 22.9 Å². The normalized spacial score (nSPS) is 11.1. The molecule has 55 heavy (non-hydrogen) atoms. The van der Waals surface area contributed by atoms with Gasteiger partial charge in [0.1, 0.15) is 0 Å². The van der Waals surface area contributed by atoms with Crippen molar-refractivity contribution in [2.75, 3.05) is 5.32 Å². The van der Waals surface area contributed by atoms with E-state index in [0.29, 0.717) is 17.6 Å². The summed E-state index contributed by atoms with van der Waals surface area (Å²) >= 11 is 0. The van der Waals surface area contributed by atoms with Gasteiger partial charge in [-0.05, 0) is 54.0 Å². The van der Waals surface area contributed by atoms with Crippen LogP contribution in [0.3, 0.4) is 0 Å². The molecular formula is C49H46N6. The van der Waals surface area contributed by atoms with Crippen LogP contribution in [0.4, 0.5) is 11.4 Å². The Bertz CT molecular complexity index is 2510. The van der Waals surface area contributed by atoms with E-state index in [1.807, 2.05) is 144 Å². The van der Waals surface area contributed by atoms with E-state index in [1.165, 1.54) is 0 Å². The zero-order chi connectivity index (χ0) is 38.6. The van der Waals surface area contributed by atoms with Crippen LogP contribution in [0, 0.1) is 0 Å². The first-order chi connectivity index (χ1) is 27.2. The number of pyridine rings is 1. The summed E-state index contributed by atoms with van der Waals surface area (Å²) in [7, 11) is 0. The van der Waals surface area contributed by atoms with Crippen LogP contribution in [0.5, 0.6) is 0 Å². The number of aromatic nitrogens is 5. The molecule has 0 saturated heterocycles. The standard InChI is InChI=1S/C45H34N6.2C2H6/c1-3-4-22-36(31(2)37-27-28-46-30-40(37)47-35-20-12-7-13-21-35)34-25-26-39-38-23-14-15-24-41(38)51(42(39)29-34)45-49-43(32-16-8-5-9-17-32)48-44(50-45)33-18-10-6-11-19-33;2*1-2/h3-30,47H,2H2,1H3;2*1-2H3/b4-3-,36-22+;;. The molecule has 0 atom stereocenters. The summed E-state index contributed by atoms with van der Waals surface area (Å²) < 4.78 is 2.15. The molecule has 0 fully saturated rings. The van der Waals surface area contributed by atoms with Gasteiger partial charge in [0.15, 0.2) is 11.6 Å². The van der Waals surface area contributed by atoms with Gasteiger partial charge in [0.2, 0.25) is 5.95 Å². The van der Waals surface area contributed by atoms with Crippen molar-refractivity contribution in [3.05, 3.63) is 188 Å². The van der Waals surface area contributed by atoms with E-state index in [-0.39, 0.29) is 0 Å². The molecule has 0 aliphatic carbocycles. The lowest BCUT2D eigenvalue weighted by molar-refractivity contribution is 0.953. The Morgan fingerprint density at radius 2 is 1.22 bits per heavy atom. The molecule has 0 unspecified atom stereocenters. The maximum atomic E-state index is 5.11.